The summed E-state index contributed by atoms with van der Waals surface area (Å²) in [5.41, 5.74) is 3.27. The molecule has 0 spiro atoms. The fraction of sp³-hybridized carbons (Fsp3) is 0.250. The van der Waals surface area contributed by atoms with Crippen LogP contribution in [0.15, 0.2) is 53.9 Å². The molecule has 5 nitrogen and oxygen atoms in total. The lowest BCUT2D eigenvalue weighted by Gasteiger charge is -2.28. The molecule has 1 amide bonds. The Morgan fingerprint density at radius 3 is 2.31 bits per heavy atom. The van der Waals surface area contributed by atoms with Gasteiger partial charge in [0.25, 0.3) is 5.91 Å². The minimum absolute atomic E-state index is 0.115. The highest BCUT2D eigenvalue weighted by molar-refractivity contribution is 7.94. The number of methoxy groups -OCH3 is 1. The Hall–Kier alpha value is -2.60. The van der Waals surface area contributed by atoms with Gasteiger partial charge in [0.1, 0.15) is 5.75 Å². The molecule has 1 atom stereocenters. The van der Waals surface area contributed by atoms with Crippen molar-refractivity contribution in [3.8, 4) is 5.75 Å². The van der Waals surface area contributed by atoms with Crippen LogP contribution in [-0.4, -0.2) is 33.2 Å². The maximum absolute atomic E-state index is 13.2. The molecule has 0 fully saturated rings. The third kappa shape index (κ3) is 3.65. The van der Waals surface area contributed by atoms with Crippen LogP contribution < -0.4 is 9.64 Å². The second-order valence-corrected chi connectivity index (χ2v) is 8.33. The molecule has 0 aliphatic carbocycles. The maximum Gasteiger partial charge on any atom is 0.258 e. The summed E-state index contributed by atoms with van der Waals surface area (Å²) < 4.78 is 28.9. The molecule has 0 unspecified atom stereocenters. The molecule has 0 saturated carbocycles. The third-order valence-electron chi connectivity index (χ3n) is 4.57. The van der Waals surface area contributed by atoms with Gasteiger partial charge in [-0.3, -0.25) is 4.79 Å². The normalized spacial score (nSPS) is 17.9. The van der Waals surface area contributed by atoms with Gasteiger partial charge in [0, 0.05) is 16.7 Å². The minimum Gasteiger partial charge on any atom is -0.497 e. The molecule has 6 heteroatoms. The number of benzene rings is 2. The zero-order valence-corrected chi connectivity index (χ0v) is 15.8. The number of carbonyl (C=O) groups is 1. The van der Waals surface area contributed by atoms with E-state index in [-0.39, 0.29) is 11.7 Å². The number of nitrogens with zero attached hydrogens (tertiary/aromatic N) is 1. The van der Waals surface area contributed by atoms with Gasteiger partial charge in [-0.05, 0) is 67.4 Å². The average Bonchev–Trinajstić information content (AvgIpc) is 2.97. The molecule has 0 saturated heterocycles. The van der Waals surface area contributed by atoms with Crippen molar-refractivity contribution >= 4 is 21.4 Å². The van der Waals surface area contributed by atoms with Crippen molar-refractivity contribution < 1.29 is 17.9 Å². The van der Waals surface area contributed by atoms with Gasteiger partial charge in [-0.15, -0.1) is 0 Å². The number of hydrogen-bond acceptors (Lipinski definition) is 4. The topological polar surface area (TPSA) is 63.7 Å². The van der Waals surface area contributed by atoms with Crippen LogP contribution in [0.5, 0.6) is 5.75 Å². The fourth-order valence-electron chi connectivity index (χ4n) is 2.94. The summed E-state index contributed by atoms with van der Waals surface area (Å²) in [6.07, 6.45) is 1.57. The van der Waals surface area contributed by atoms with E-state index in [9.17, 15) is 13.2 Å². The minimum atomic E-state index is -3.29. The Kier molecular flexibility index (Phi) is 4.87. The lowest BCUT2D eigenvalue weighted by atomic mass is 10.0. The van der Waals surface area contributed by atoms with Gasteiger partial charge < -0.3 is 9.64 Å². The van der Waals surface area contributed by atoms with Crippen LogP contribution in [0.3, 0.4) is 0 Å². The van der Waals surface area contributed by atoms with Gasteiger partial charge in [0.05, 0.1) is 18.9 Å². The first kappa shape index (κ1) is 18.2. The molecule has 2 aromatic carbocycles. The SMILES string of the molecule is COc1ccc(N(C(=O)c2ccc(C)c(C)c2)[C@H]2C=CS(=O)(=O)C2)cc1. The highest BCUT2D eigenvalue weighted by atomic mass is 32.2. The van der Waals surface area contributed by atoms with Crippen molar-refractivity contribution in [3.05, 3.63) is 70.6 Å². The number of carbonyl (C=O) groups excluding carboxylic acids is 1. The van der Waals surface area contributed by atoms with Crippen LogP contribution in [0.1, 0.15) is 21.5 Å². The average molecular weight is 371 g/mol. The van der Waals surface area contributed by atoms with Crippen LogP contribution in [-0.2, 0) is 9.84 Å². The molecule has 26 heavy (non-hydrogen) atoms. The van der Waals surface area contributed by atoms with Crippen LogP contribution in [0.4, 0.5) is 5.69 Å². The Labute approximate surface area is 153 Å². The number of amides is 1. The number of sulfone groups is 1. The number of anilines is 1. The standard InChI is InChI=1S/C20H21NO4S/c1-14-4-5-16(12-15(14)2)20(22)21(18-10-11-26(23,24)13-18)17-6-8-19(25-3)9-7-17/h4-12,18H,13H2,1-3H3/t18-/m0/s1. The van der Waals surface area contributed by atoms with E-state index < -0.39 is 15.9 Å². The lowest BCUT2D eigenvalue weighted by molar-refractivity contribution is 0.0983. The molecule has 0 bridgehead atoms. The van der Waals surface area contributed by atoms with Crippen LogP contribution in [0.2, 0.25) is 0 Å². The number of hydrogen-bond donors (Lipinski definition) is 0. The molecule has 136 valence electrons. The molecule has 0 aromatic heterocycles. The lowest BCUT2D eigenvalue weighted by Crippen LogP contribution is -2.41. The first-order valence-electron chi connectivity index (χ1n) is 8.26. The molecule has 0 radical (unpaired) electrons. The van der Waals surface area contributed by atoms with Crippen molar-refractivity contribution in [2.75, 3.05) is 17.8 Å². The summed E-state index contributed by atoms with van der Waals surface area (Å²) in [4.78, 5) is 14.8. The second-order valence-electron chi connectivity index (χ2n) is 6.40. The predicted octanol–water partition coefficient (Wildman–Crippen LogP) is 3.27. The van der Waals surface area contributed by atoms with Crippen LogP contribution in [0, 0.1) is 13.8 Å². The summed E-state index contributed by atoms with van der Waals surface area (Å²) in [5.74, 6) is 0.322. The molecule has 2 aromatic rings. The van der Waals surface area contributed by atoms with Crippen molar-refractivity contribution in [2.45, 2.75) is 19.9 Å². The van der Waals surface area contributed by atoms with Gasteiger partial charge in [-0.2, -0.15) is 0 Å². The van der Waals surface area contributed by atoms with Gasteiger partial charge in [0.15, 0.2) is 9.84 Å². The molecular formula is C20H21NO4S. The quantitative estimate of drug-likeness (QED) is 0.827. The van der Waals surface area contributed by atoms with Crippen molar-refractivity contribution in [2.24, 2.45) is 0 Å². The number of ether oxygens (including phenoxy) is 1. The number of rotatable bonds is 4. The van der Waals surface area contributed by atoms with Gasteiger partial charge in [-0.25, -0.2) is 8.42 Å². The summed E-state index contributed by atoms with van der Waals surface area (Å²) in [7, 11) is -1.72. The Bertz CT molecular complexity index is 962. The summed E-state index contributed by atoms with van der Waals surface area (Å²) in [6.45, 7) is 3.93. The predicted molar refractivity (Wildman–Crippen MR) is 102 cm³/mol. The zero-order chi connectivity index (χ0) is 18.9. The van der Waals surface area contributed by atoms with Gasteiger partial charge >= 0.3 is 0 Å². The van der Waals surface area contributed by atoms with Gasteiger partial charge in [0.2, 0.25) is 0 Å². The van der Waals surface area contributed by atoms with E-state index in [1.165, 1.54) is 10.3 Å². The fourth-order valence-corrected chi connectivity index (χ4v) is 4.20. The monoisotopic (exact) mass is 371 g/mol. The first-order valence-corrected chi connectivity index (χ1v) is 9.98. The molecule has 3 rings (SSSR count). The van der Waals surface area contributed by atoms with E-state index in [4.69, 9.17) is 4.74 Å². The molecular weight excluding hydrogens is 350 g/mol. The van der Waals surface area contributed by atoms with Crippen molar-refractivity contribution in [3.63, 3.8) is 0 Å². The smallest absolute Gasteiger partial charge is 0.258 e. The van der Waals surface area contributed by atoms with E-state index in [0.717, 1.165) is 11.1 Å². The highest BCUT2D eigenvalue weighted by Gasteiger charge is 2.32. The van der Waals surface area contributed by atoms with Gasteiger partial charge in [-0.1, -0.05) is 6.07 Å². The molecule has 1 aliphatic rings. The zero-order valence-electron chi connectivity index (χ0n) is 15.0. The first-order chi connectivity index (χ1) is 12.3. The highest BCUT2D eigenvalue weighted by Crippen LogP contribution is 2.27. The Morgan fingerprint density at radius 2 is 1.77 bits per heavy atom. The van der Waals surface area contributed by atoms with Crippen molar-refractivity contribution in [1.82, 2.24) is 0 Å². The van der Waals surface area contributed by atoms with E-state index in [0.29, 0.717) is 17.0 Å². The van der Waals surface area contributed by atoms with E-state index in [1.54, 1.807) is 43.5 Å². The van der Waals surface area contributed by atoms with E-state index in [1.807, 2.05) is 26.0 Å². The molecule has 0 N–H and O–H groups in total. The largest absolute Gasteiger partial charge is 0.497 e. The number of aryl methyl sites for hydroxylation is 2. The van der Waals surface area contributed by atoms with E-state index >= 15 is 0 Å². The maximum atomic E-state index is 13.2. The second kappa shape index (κ2) is 6.96. The van der Waals surface area contributed by atoms with Crippen molar-refractivity contribution in [1.29, 1.82) is 0 Å². The summed E-state index contributed by atoms with van der Waals surface area (Å²) in [6, 6.07) is 12.0. The summed E-state index contributed by atoms with van der Waals surface area (Å²) in [5, 5.41) is 1.18. The van der Waals surface area contributed by atoms with Crippen LogP contribution in [0.25, 0.3) is 0 Å². The Morgan fingerprint density at radius 1 is 1.08 bits per heavy atom. The van der Waals surface area contributed by atoms with E-state index in [2.05, 4.69) is 0 Å². The molecule has 1 heterocycles. The molecule has 1 aliphatic heterocycles. The van der Waals surface area contributed by atoms with Crippen LogP contribution >= 0.6 is 0 Å². The Balaban J connectivity index is 2.03. The third-order valence-corrected chi connectivity index (χ3v) is 5.94. The summed E-state index contributed by atoms with van der Waals surface area (Å²) >= 11 is 0.